The Balaban J connectivity index is 1.68. The van der Waals surface area contributed by atoms with Crippen LogP contribution in [0, 0.1) is 0 Å². The van der Waals surface area contributed by atoms with E-state index in [0.717, 1.165) is 50.4 Å². The summed E-state index contributed by atoms with van der Waals surface area (Å²) in [4.78, 5) is 26.7. The zero-order valence-electron chi connectivity index (χ0n) is 16.4. The molecule has 0 spiro atoms. The van der Waals surface area contributed by atoms with Crippen molar-refractivity contribution in [2.45, 2.75) is 13.0 Å². The van der Waals surface area contributed by atoms with Crippen LogP contribution in [0.15, 0.2) is 36.9 Å². The van der Waals surface area contributed by atoms with Gasteiger partial charge in [-0.15, -0.1) is 0 Å². The van der Waals surface area contributed by atoms with E-state index in [0.29, 0.717) is 18.1 Å². The standard InChI is InChI=1S/C20H26N6O2/c1-23-7-5-8-25(11-10-23)20(27)18-17-6-3-4-9-26(17)19(22-18)16-14-24(15-21-16)12-13-28-2/h3-4,6,9,14-15H,5,7-8,10-13H2,1-2H3. The maximum Gasteiger partial charge on any atom is 0.274 e. The molecule has 0 N–H and O–H groups in total. The van der Waals surface area contributed by atoms with Gasteiger partial charge in [-0.1, -0.05) is 6.07 Å². The Hall–Kier alpha value is -2.71. The van der Waals surface area contributed by atoms with Crippen molar-refractivity contribution >= 4 is 11.4 Å². The third-order valence-corrected chi connectivity index (χ3v) is 5.17. The average Bonchev–Trinajstić information content (AvgIpc) is 3.26. The molecule has 0 unspecified atom stereocenters. The molecule has 1 fully saturated rings. The van der Waals surface area contributed by atoms with Crippen molar-refractivity contribution in [3.05, 3.63) is 42.6 Å². The van der Waals surface area contributed by atoms with Crippen LogP contribution in [0.1, 0.15) is 16.9 Å². The largest absolute Gasteiger partial charge is 0.383 e. The lowest BCUT2D eigenvalue weighted by atomic mass is 10.3. The maximum absolute atomic E-state index is 13.3. The van der Waals surface area contributed by atoms with Crippen LogP contribution in [0.4, 0.5) is 0 Å². The number of ether oxygens (including phenoxy) is 1. The first kappa shape index (κ1) is 18.6. The minimum atomic E-state index is -0.0101. The van der Waals surface area contributed by atoms with E-state index >= 15 is 0 Å². The summed E-state index contributed by atoms with van der Waals surface area (Å²) in [5, 5.41) is 0. The predicted molar refractivity (Wildman–Crippen MR) is 106 cm³/mol. The van der Waals surface area contributed by atoms with Gasteiger partial charge in [0.25, 0.3) is 5.91 Å². The first-order valence-corrected chi connectivity index (χ1v) is 9.63. The van der Waals surface area contributed by atoms with Crippen LogP contribution < -0.4 is 0 Å². The van der Waals surface area contributed by atoms with Crippen LogP contribution in [0.3, 0.4) is 0 Å². The van der Waals surface area contributed by atoms with E-state index in [1.54, 1.807) is 13.4 Å². The van der Waals surface area contributed by atoms with E-state index in [4.69, 9.17) is 9.72 Å². The Morgan fingerprint density at radius 2 is 2.11 bits per heavy atom. The number of amides is 1. The maximum atomic E-state index is 13.3. The number of rotatable bonds is 5. The van der Waals surface area contributed by atoms with E-state index in [9.17, 15) is 4.79 Å². The van der Waals surface area contributed by atoms with Crippen molar-refractivity contribution in [2.24, 2.45) is 0 Å². The van der Waals surface area contributed by atoms with E-state index < -0.39 is 0 Å². The molecule has 8 heteroatoms. The Bertz CT molecular complexity index is 963. The highest BCUT2D eigenvalue weighted by atomic mass is 16.5. The van der Waals surface area contributed by atoms with Crippen LogP contribution in [-0.4, -0.2) is 81.6 Å². The average molecular weight is 382 g/mol. The van der Waals surface area contributed by atoms with E-state index in [2.05, 4.69) is 16.9 Å². The van der Waals surface area contributed by atoms with Crippen molar-refractivity contribution in [3.63, 3.8) is 0 Å². The smallest absolute Gasteiger partial charge is 0.274 e. The third kappa shape index (κ3) is 3.65. The minimum Gasteiger partial charge on any atom is -0.383 e. The monoisotopic (exact) mass is 382 g/mol. The van der Waals surface area contributed by atoms with Crippen LogP contribution in [0.25, 0.3) is 17.0 Å². The zero-order valence-corrected chi connectivity index (χ0v) is 16.4. The minimum absolute atomic E-state index is 0.0101. The molecule has 0 aromatic carbocycles. The molecule has 8 nitrogen and oxygen atoms in total. The van der Waals surface area contributed by atoms with Gasteiger partial charge in [-0.2, -0.15) is 0 Å². The number of fused-ring (bicyclic) bond motifs is 1. The molecule has 1 aliphatic heterocycles. The number of likely N-dealkylation sites (N-methyl/N-ethyl adjacent to an activating group) is 1. The number of pyridine rings is 1. The van der Waals surface area contributed by atoms with Crippen LogP contribution in [0.2, 0.25) is 0 Å². The molecule has 0 radical (unpaired) electrons. The summed E-state index contributed by atoms with van der Waals surface area (Å²) in [6.07, 6.45) is 6.62. The van der Waals surface area contributed by atoms with E-state index in [1.807, 2.05) is 44.5 Å². The van der Waals surface area contributed by atoms with Crippen molar-refractivity contribution in [3.8, 4) is 11.5 Å². The molecule has 0 aliphatic carbocycles. The predicted octanol–water partition coefficient (Wildman–Crippen LogP) is 1.62. The fraction of sp³-hybridized carbons (Fsp3) is 0.450. The zero-order chi connectivity index (χ0) is 19.5. The quantitative estimate of drug-likeness (QED) is 0.671. The molecule has 0 bridgehead atoms. The molecular formula is C20H26N6O2. The second-order valence-electron chi connectivity index (χ2n) is 7.18. The van der Waals surface area contributed by atoms with Gasteiger partial charge in [-0.25, -0.2) is 9.97 Å². The topological polar surface area (TPSA) is 67.9 Å². The van der Waals surface area contributed by atoms with Crippen molar-refractivity contribution in [1.29, 1.82) is 0 Å². The number of nitrogens with zero attached hydrogens (tertiary/aromatic N) is 6. The highest BCUT2D eigenvalue weighted by Gasteiger charge is 2.25. The Labute approximate surface area is 164 Å². The molecular weight excluding hydrogens is 356 g/mol. The number of imidazole rings is 2. The van der Waals surface area contributed by atoms with Gasteiger partial charge in [0.15, 0.2) is 11.5 Å². The Kier molecular flexibility index (Phi) is 5.40. The summed E-state index contributed by atoms with van der Waals surface area (Å²) in [5.74, 6) is 0.672. The Morgan fingerprint density at radius 3 is 2.96 bits per heavy atom. The molecule has 0 atom stereocenters. The highest BCUT2D eigenvalue weighted by molar-refractivity contribution is 6.00. The lowest BCUT2D eigenvalue weighted by molar-refractivity contribution is 0.0759. The van der Waals surface area contributed by atoms with Gasteiger partial charge in [0.2, 0.25) is 0 Å². The van der Waals surface area contributed by atoms with Gasteiger partial charge < -0.3 is 19.1 Å². The fourth-order valence-corrected chi connectivity index (χ4v) is 3.57. The second-order valence-corrected chi connectivity index (χ2v) is 7.18. The summed E-state index contributed by atoms with van der Waals surface area (Å²) in [5.41, 5.74) is 2.05. The number of methoxy groups -OCH3 is 1. The molecule has 28 heavy (non-hydrogen) atoms. The first-order chi connectivity index (χ1) is 13.7. The van der Waals surface area contributed by atoms with Gasteiger partial charge in [-0.3, -0.25) is 9.20 Å². The first-order valence-electron chi connectivity index (χ1n) is 9.63. The fourth-order valence-electron chi connectivity index (χ4n) is 3.57. The van der Waals surface area contributed by atoms with E-state index in [-0.39, 0.29) is 5.91 Å². The van der Waals surface area contributed by atoms with Crippen LogP contribution >= 0.6 is 0 Å². The molecule has 4 rings (SSSR count). The number of hydrogen-bond donors (Lipinski definition) is 0. The summed E-state index contributed by atoms with van der Waals surface area (Å²) in [6, 6.07) is 5.82. The van der Waals surface area contributed by atoms with Gasteiger partial charge in [-0.05, 0) is 32.1 Å². The number of hydrogen-bond acceptors (Lipinski definition) is 5. The number of carbonyl (C=O) groups is 1. The number of aromatic nitrogens is 4. The molecule has 3 aromatic heterocycles. The lowest BCUT2D eigenvalue weighted by Gasteiger charge is -2.19. The van der Waals surface area contributed by atoms with Crippen molar-refractivity contribution in [1.82, 2.24) is 28.7 Å². The van der Waals surface area contributed by atoms with Crippen molar-refractivity contribution in [2.75, 3.05) is 46.9 Å². The molecule has 4 heterocycles. The van der Waals surface area contributed by atoms with Gasteiger partial charge in [0, 0.05) is 45.7 Å². The van der Waals surface area contributed by atoms with Gasteiger partial charge >= 0.3 is 0 Å². The van der Waals surface area contributed by atoms with Crippen LogP contribution in [0.5, 0.6) is 0 Å². The molecule has 0 saturated carbocycles. The van der Waals surface area contributed by atoms with E-state index in [1.165, 1.54) is 0 Å². The highest BCUT2D eigenvalue weighted by Crippen LogP contribution is 2.23. The molecule has 3 aromatic rings. The SMILES string of the molecule is COCCn1cnc(-c2nc(C(=O)N3CCCN(C)CC3)c3ccccn23)c1. The van der Waals surface area contributed by atoms with Crippen LogP contribution in [-0.2, 0) is 11.3 Å². The second kappa shape index (κ2) is 8.12. The normalized spacial score (nSPS) is 15.9. The lowest BCUT2D eigenvalue weighted by Crippen LogP contribution is -2.34. The van der Waals surface area contributed by atoms with Crippen molar-refractivity contribution < 1.29 is 9.53 Å². The summed E-state index contributed by atoms with van der Waals surface area (Å²) < 4.78 is 9.04. The van der Waals surface area contributed by atoms with Gasteiger partial charge in [0.1, 0.15) is 5.69 Å². The summed E-state index contributed by atoms with van der Waals surface area (Å²) in [7, 11) is 3.77. The molecule has 1 saturated heterocycles. The Morgan fingerprint density at radius 1 is 1.21 bits per heavy atom. The summed E-state index contributed by atoms with van der Waals surface area (Å²) in [6.45, 7) is 4.72. The number of carbonyl (C=O) groups excluding carboxylic acids is 1. The summed E-state index contributed by atoms with van der Waals surface area (Å²) >= 11 is 0. The third-order valence-electron chi connectivity index (χ3n) is 5.17. The molecule has 148 valence electrons. The molecule has 1 aliphatic rings. The van der Waals surface area contributed by atoms with Gasteiger partial charge in [0.05, 0.1) is 18.5 Å². The molecule has 1 amide bonds.